The molecule has 1 N–H and O–H groups in total. The fourth-order valence-corrected chi connectivity index (χ4v) is 6.57. The van der Waals surface area contributed by atoms with Crippen molar-refractivity contribution in [1.82, 2.24) is 9.80 Å². The highest BCUT2D eigenvalue weighted by molar-refractivity contribution is 5.99. The molecule has 0 aromatic heterocycles. The molecular formula is C27H42N2O6. The number of hydrogen-bond donors (Lipinski definition) is 1. The highest BCUT2D eigenvalue weighted by Gasteiger charge is 2.80. The second-order valence-electron chi connectivity index (χ2n) is 10.6. The van der Waals surface area contributed by atoms with Crippen LogP contribution in [0.15, 0.2) is 25.3 Å². The third-order valence-electron chi connectivity index (χ3n) is 8.39. The van der Waals surface area contributed by atoms with Gasteiger partial charge in [-0.1, -0.05) is 32.4 Å². The Labute approximate surface area is 209 Å². The van der Waals surface area contributed by atoms with Crippen LogP contribution in [0.25, 0.3) is 0 Å². The van der Waals surface area contributed by atoms with E-state index in [1.165, 1.54) is 4.90 Å². The molecule has 4 unspecified atom stereocenters. The number of likely N-dealkylation sites (tertiary alicyclic amines) is 1. The zero-order valence-electron chi connectivity index (χ0n) is 21.9. The van der Waals surface area contributed by atoms with Gasteiger partial charge in [0, 0.05) is 12.6 Å². The fourth-order valence-electron chi connectivity index (χ4n) is 6.57. The summed E-state index contributed by atoms with van der Waals surface area (Å²) in [5.41, 5.74) is -2.07. The molecule has 3 rings (SSSR count). The van der Waals surface area contributed by atoms with Crippen molar-refractivity contribution in [1.29, 1.82) is 0 Å². The first-order valence-electron chi connectivity index (χ1n) is 12.9. The summed E-state index contributed by atoms with van der Waals surface area (Å²) in [7, 11) is 0. The molecule has 3 heterocycles. The van der Waals surface area contributed by atoms with E-state index in [9.17, 15) is 19.5 Å². The number of aliphatic hydroxyl groups is 1. The Balaban J connectivity index is 2.10. The molecule has 1 spiro atoms. The van der Waals surface area contributed by atoms with Crippen LogP contribution in [0, 0.1) is 17.8 Å². The minimum atomic E-state index is -1.15. The summed E-state index contributed by atoms with van der Waals surface area (Å²) in [6.45, 7) is 17.3. The fraction of sp³-hybridized carbons (Fsp3) is 0.741. The number of esters is 1. The SMILES string of the molecule is C=CCCOC(=O)[C@@H]1[C@H]2C(=O)N([C@H](C)CO)C(C(=O)N(CC=C)C(C)CCC)C23CC(C)[C@@]1(C)O3. The predicted molar refractivity (Wildman–Crippen MR) is 132 cm³/mol. The summed E-state index contributed by atoms with van der Waals surface area (Å²) in [5, 5.41) is 10.0. The Kier molecular flexibility index (Phi) is 8.16. The molecule has 8 heteroatoms. The molecule has 35 heavy (non-hydrogen) atoms. The van der Waals surface area contributed by atoms with E-state index in [1.807, 2.05) is 20.8 Å². The molecule has 3 aliphatic rings. The molecule has 3 fully saturated rings. The molecule has 3 saturated heterocycles. The van der Waals surface area contributed by atoms with Crippen LogP contribution >= 0.6 is 0 Å². The number of fused-ring (bicyclic) bond motifs is 1. The lowest BCUT2D eigenvalue weighted by Crippen LogP contribution is -2.59. The number of carbonyl (C=O) groups excluding carboxylic acids is 3. The maximum Gasteiger partial charge on any atom is 0.312 e. The maximum absolute atomic E-state index is 14.2. The first-order valence-corrected chi connectivity index (χ1v) is 12.9. The average molecular weight is 491 g/mol. The zero-order valence-corrected chi connectivity index (χ0v) is 21.9. The summed E-state index contributed by atoms with van der Waals surface area (Å²) in [6.07, 6.45) is 6.05. The van der Waals surface area contributed by atoms with Gasteiger partial charge in [-0.15, -0.1) is 13.2 Å². The summed E-state index contributed by atoms with van der Waals surface area (Å²) in [6, 6.07) is -1.60. The number of ether oxygens (including phenoxy) is 2. The zero-order chi connectivity index (χ0) is 26.1. The molecule has 0 aromatic rings. The minimum Gasteiger partial charge on any atom is -0.465 e. The number of aliphatic hydroxyl groups excluding tert-OH is 1. The molecule has 0 saturated carbocycles. The van der Waals surface area contributed by atoms with Gasteiger partial charge in [0.2, 0.25) is 11.8 Å². The lowest BCUT2D eigenvalue weighted by molar-refractivity contribution is -0.163. The Morgan fingerprint density at radius 2 is 2.03 bits per heavy atom. The molecule has 3 aliphatic heterocycles. The lowest BCUT2D eigenvalue weighted by Gasteiger charge is -2.40. The van der Waals surface area contributed by atoms with E-state index in [1.54, 1.807) is 24.0 Å². The highest BCUT2D eigenvalue weighted by atomic mass is 16.6. The number of rotatable bonds is 12. The van der Waals surface area contributed by atoms with E-state index >= 15 is 0 Å². The van der Waals surface area contributed by atoms with E-state index < -0.39 is 41.1 Å². The van der Waals surface area contributed by atoms with Crippen LogP contribution in [-0.4, -0.2) is 81.8 Å². The van der Waals surface area contributed by atoms with Gasteiger partial charge in [-0.25, -0.2) is 0 Å². The van der Waals surface area contributed by atoms with Gasteiger partial charge in [0.25, 0.3) is 0 Å². The molecule has 2 amide bonds. The lowest BCUT2D eigenvalue weighted by atomic mass is 9.62. The van der Waals surface area contributed by atoms with Gasteiger partial charge in [0.15, 0.2) is 0 Å². The summed E-state index contributed by atoms with van der Waals surface area (Å²) in [5.74, 6) is -2.75. The van der Waals surface area contributed by atoms with Gasteiger partial charge in [-0.2, -0.15) is 0 Å². The van der Waals surface area contributed by atoms with Gasteiger partial charge in [0.1, 0.15) is 17.6 Å². The smallest absolute Gasteiger partial charge is 0.312 e. The largest absolute Gasteiger partial charge is 0.465 e. The molecule has 8 atom stereocenters. The second kappa shape index (κ2) is 10.4. The van der Waals surface area contributed by atoms with E-state index in [2.05, 4.69) is 20.1 Å². The van der Waals surface area contributed by atoms with Crippen molar-refractivity contribution >= 4 is 17.8 Å². The molecule has 8 nitrogen and oxygen atoms in total. The Morgan fingerprint density at radius 3 is 2.60 bits per heavy atom. The third-order valence-corrected chi connectivity index (χ3v) is 8.39. The minimum absolute atomic E-state index is 0.0615. The molecule has 2 bridgehead atoms. The Bertz CT molecular complexity index is 861. The van der Waals surface area contributed by atoms with Crippen molar-refractivity contribution < 1.29 is 29.0 Å². The number of hydrogen-bond acceptors (Lipinski definition) is 6. The van der Waals surface area contributed by atoms with E-state index in [0.717, 1.165) is 12.8 Å². The van der Waals surface area contributed by atoms with Crippen LogP contribution in [0.5, 0.6) is 0 Å². The number of carbonyl (C=O) groups is 3. The normalized spacial score (nSPS) is 34.9. The van der Waals surface area contributed by atoms with Crippen LogP contribution in [0.4, 0.5) is 0 Å². The quantitative estimate of drug-likeness (QED) is 0.257. The maximum atomic E-state index is 14.2. The topological polar surface area (TPSA) is 96.4 Å². The molecular weight excluding hydrogens is 448 g/mol. The van der Waals surface area contributed by atoms with Crippen molar-refractivity contribution in [3.63, 3.8) is 0 Å². The van der Waals surface area contributed by atoms with Crippen molar-refractivity contribution in [2.75, 3.05) is 19.8 Å². The van der Waals surface area contributed by atoms with Gasteiger partial charge < -0.3 is 24.4 Å². The molecule has 0 aromatic carbocycles. The van der Waals surface area contributed by atoms with Gasteiger partial charge >= 0.3 is 5.97 Å². The van der Waals surface area contributed by atoms with Crippen LogP contribution in [-0.2, 0) is 23.9 Å². The van der Waals surface area contributed by atoms with E-state index in [4.69, 9.17) is 9.47 Å². The Hall–Kier alpha value is -2.19. The van der Waals surface area contributed by atoms with Crippen molar-refractivity contribution in [2.45, 2.75) is 89.6 Å². The molecule has 0 aliphatic carbocycles. The standard InChI is InChI=1S/C27H42N2O6/c1-8-11-14-34-25(33)21-20-23(31)29(19(6)16-30)22(27(20)15-17(4)26(21,7)35-27)24(32)28(13-10-3)18(5)12-9-2/h8,10,17-22,30H,1,3,9,11-16H2,2,4-7H3/t17?,18?,19-,20+,21+,22?,26-,27?/m1/s1. The van der Waals surface area contributed by atoms with Crippen LogP contribution in [0.2, 0.25) is 0 Å². The average Bonchev–Trinajstić information content (AvgIpc) is 3.33. The van der Waals surface area contributed by atoms with E-state index in [0.29, 0.717) is 19.4 Å². The van der Waals surface area contributed by atoms with E-state index in [-0.39, 0.29) is 37.0 Å². The van der Waals surface area contributed by atoms with Crippen molar-refractivity contribution in [2.24, 2.45) is 17.8 Å². The first kappa shape index (κ1) is 27.4. The molecule has 196 valence electrons. The van der Waals surface area contributed by atoms with Gasteiger partial charge in [-0.3, -0.25) is 14.4 Å². The predicted octanol–water partition coefficient (Wildman–Crippen LogP) is 2.70. The van der Waals surface area contributed by atoms with Crippen LogP contribution in [0.1, 0.15) is 60.3 Å². The monoisotopic (exact) mass is 490 g/mol. The van der Waals surface area contributed by atoms with Crippen molar-refractivity contribution in [3.8, 4) is 0 Å². The second-order valence-corrected chi connectivity index (χ2v) is 10.6. The van der Waals surface area contributed by atoms with Gasteiger partial charge in [-0.05, 0) is 46.0 Å². The van der Waals surface area contributed by atoms with Crippen LogP contribution < -0.4 is 0 Å². The molecule has 0 radical (unpaired) electrons. The number of nitrogens with zero attached hydrogens (tertiary/aromatic N) is 2. The summed E-state index contributed by atoms with van der Waals surface area (Å²) < 4.78 is 12.2. The summed E-state index contributed by atoms with van der Waals surface area (Å²) >= 11 is 0. The third kappa shape index (κ3) is 4.22. The van der Waals surface area contributed by atoms with Crippen LogP contribution in [0.3, 0.4) is 0 Å². The van der Waals surface area contributed by atoms with Gasteiger partial charge in [0.05, 0.1) is 30.8 Å². The highest BCUT2D eigenvalue weighted by Crippen LogP contribution is 2.65. The number of amides is 2. The summed E-state index contributed by atoms with van der Waals surface area (Å²) in [4.78, 5) is 44.8. The van der Waals surface area contributed by atoms with Crippen molar-refractivity contribution in [3.05, 3.63) is 25.3 Å². The first-order chi connectivity index (χ1) is 16.5. The Morgan fingerprint density at radius 1 is 1.34 bits per heavy atom.